The molecule has 6 heteroatoms. The first-order valence-corrected chi connectivity index (χ1v) is 5.91. The van der Waals surface area contributed by atoms with Gasteiger partial charge in [-0.1, -0.05) is 0 Å². The van der Waals surface area contributed by atoms with E-state index in [1.54, 1.807) is 10.9 Å². The minimum atomic E-state index is -1.19. The molecule has 2 N–H and O–H groups in total. The van der Waals surface area contributed by atoms with Crippen LogP contribution >= 0.6 is 0 Å². The largest absolute Gasteiger partial charge is 0.480 e. The van der Waals surface area contributed by atoms with Crippen LogP contribution in [0.15, 0.2) is 6.20 Å². The SMILES string of the molecule is Cc1c([C@@H](C)NC(=O)C2(C(=O)O)CC2)cnn1C. The Kier molecular flexibility index (Phi) is 2.88. The molecule has 0 radical (unpaired) electrons. The van der Waals surface area contributed by atoms with Crippen molar-refractivity contribution < 1.29 is 14.7 Å². The van der Waals surface area contributed by atoms with Gasteiger partial charge in [0.2, 0.25) is 5.91 Å². The molecule has 1 fully saturated rings. The minimum absolute atomic E-state index is 0.233. The van der Waals surface area contributed by atoms with Gasteiger partial charge in [-0.25, -0.2) is 0 Å². The van der Waals surface area contributed by atoms with Crippen LogP contribution in [0.3, 0.4) is 0 Å². The number of aliphatic carboxylic acids is 1. The Labute approximate surface area is 105 Å². The van der Waals surface area contributed by atoms with Crippen LogP contribution in [-0.2, 0) is 16.6 Å². The summed E-state index contributed by atoms with van der Waals surface area (Å²) in [5.41, 5.74) is 0.680. The van der Waals surface area contributed by atoms with Crippen LogP contribution in [0.5, 0.6) is 0 Å². The fourth-order valence-electron chi connectivity index (χ4n) is 2.02. The van der Waals surface area contributed by atoms with Gasteiger partial charge in [0.05, 0.1) is 12.2 Å². The standard InChI is InChI=1S/C12H17N3O3/c1-7(9-6-13-15(3)8(9)2)14-10(16)12(4-5-12)11(17)18/h6-7H,4-5H2,1-3H3,(H,14,16)(H,17,18)/t7-/m1/s1. The van der Waals surface area contributed by atoms with Gasteiger partial charge in [-0.3, -0.25) is 14.3 Å². The number of carbonyl (C=O) groups excluding carboxylic acids is 1. The molecule has 1 amide bonds. The second-order valence-electron chi connectivity index (χ2n) is 4.89. The number of carboxylic acid groups (broad SMARTS) is 1. The summed E-state index contributed by atoms with van der Waals surface area (Å²) in [6.45, 7) is 3.74. The van der Waals surface area contributed by atoms with Gasteiger partial charge in [0.1, 0.15) is 5.41 Å². The molecule has 0 unspecified atom stereocenters. The summed E-state index contributed by atoms with van der Waals surface area (Å²) >= 11 is 0. The number of carbonyl (C=O) groups is 2. The smallest absolute Gasteiger partial charge is 0.319 e. The van der Waals surface area contributed by atoms with Crippen LogP contribution < -0.4 is 5.32 Å². The predicted octanol–water partition coefficient (Wildman–Crippen LogP) is 0.771. The van der Waals surface area contributed by atoms with E-state index in [1.807, 2.05) is 20.9 Å². The first-order chi connectivity index (χ1) is 8.38. The van der Waals surface area contributed by atoms with Crippen molar-refractivity contribution in [3.8, 4) is 0 Å². The van der Waals surface area contributed by atoms with E-state index in [2.05, 4.69) is 10.4 Å². The predicted molar refractivity (Wildman–Crippen MR) is 63.8 cm³/mol. The number of aromatic nitrogens is 2. The minimum Gasteiger partial charge on any atom is -0.480 e. The lowest BCUT2D eigenvalue weighted by Crippen LogP contribution is -2.38. The summed E-state index contributed by atoms with van der Waals surface area (Å²) in [6, 6.07) is -0.233. The Hall–Kier alpha value is -1.85. The molecule has 1 saturated carbocycles. The Morgan fingerprint density at radius 2 is 2.17 bits per heavy atom. The Morgan fingerprint density at radius 3 is 2.56 bits per heavy atom. The third-order valence-electron chi connectivity index (χ3n) is 3.68. The molecule has 1 aliphatic rings. The average molecular weight is 251 g/mol. The molecule has 0 bridgehead atoms. The fraction of sp³-hybridized carbons (Fsp3) is 0.583. The van der Waals surface area contributed by atoms with E-state index in [1.165, 1.54) is 0 Å². The van der Waals surface area contributed by atoms with Crippen LogP contribution in [-0.4, -0.2) is 26.8 Å². The molecule has 0 spiro atoms. The van der Waals surface area contributed by atoms with Crippen molar-refractivity contribution in [1.82, 2.24) is 15.1 Å². The third kappa shape index (κ3) is 1.87. The maximum absolute atomic E-state index is 12.0. The van der Waals surface area contributed by atoms with Gasteiger partial charge in [-0.05, 0) is 26.7 Å². The Bertz CT molecular complexity index is 503. The highest BCUT2D eigenvalue weighted by atomic mass is 16.4. The molecule has 1 aliphatic carbocycles. The summed E-state index contributed by atoms with van der Waals surface area (Å²) < 4.78 is 1.72. The normalized spacial score (nSPS) is 18.2. The number of amides is 1. The monoisotopic (exact) mass is 251 g/mol. The number of nitrogens with one attached hydrogen (secondary N) is 1. The maximum Gasteiger partial charge on any atom is 0.319 e. The van der Waals surface area contributed by atoms with E-state index in [-0.39, 0.29) is 6.04 Å². The van der Waals surface area contributed by atoms with Gasteiger partial charge in [-0.2, -0.15) is 5.10 Å². The second-order valence-corrected chi connectivity index (χ2v) is 4.89. The van der Waals surface area contributed by atoms with Crippen molar-refractivity contribution >= 4 is 11.9 Å². The zero-order chi connectivity index (χ0) is 13.5. The van der Waals surface area contributed by atoms with Gasteiger partial charge in [0, 0.05) is 18.3 Å². The van der Waals surface area contributed by atoms with E-state index in [0.29, 0.717) is 12.8 Å². The molecule has 0 saturated heterocycles. The van der Waals surface area contributed by atoms with Crippen molar-refractivity contribution in [1.29, 1.82) is 0 Å². The van der Waals surface area contributed by atoms with Gasteiger partial charge in [-0.15, -0.1) is 0 Å². The molecule has 2 rings (SSSR count). The third-order valence-corrected chi connectivity index (χ3v) is 3.68. The molecule has 1 atom stereocenters. The summed E-state index contributed by atoms with van der Waals surface area (Å²) in [5.74, 6) is -1.43. The number of rotatable bonds is 4. The first kappa shape index (κ1) is 12.6. The van der Waals surface area contributed by atoms with Gasteiger partial charge < -0.3 is 10.4 Å². The quantitative estimate of drug-likeness (QED) is 0.774. The molecular formula is C12H17N3O3. The van der Waals surface area contributed by atoms with Crippen LogP contribution in [0, 0.1) is 12.3 Å². The molecule has 1 heterocycles. The number of hydrogen-bond acceptors (Lipinski definition) is 3. The van der Waals surface area contributed by atoms with E-state index in [0.717, 1.165) is 11.3 Å². The number of nitrogens with zero attached hydrogens (tertiary/aromatic N) is 2. The van der Waals surface area contributed by atoms with Crippen molar-refractivity contribution in [3.05, 3.63) is 17.5 Å². The molecule has 6 nitrogen and oxygen atoms in total. The summed E-state index contributed by atoms with van der Waals surface area (Å²) in [4.78, 5) is 23.0. The highest BCUT2D eigenvalue weighted by molar-refractivity contribution is 6.04. The van der Waals surface area contributed by atoms with Crippen molar-refractivity contribution in [2.45, 2.75) is 32.7 Å². The first-order valence-electron chi connectivity index (χ1n) is 5.91. The lowest BCUT2D eigenvalue weighted by atomic mass is 10.0. The topological polar surface area (TPSA) is 84.2 Å². The Morgan fingerprint density at radius 1 is 1.56 bits per heavy atom. The van der Waals surface area contributed by atoms with Crippen LogP contribution in [0.4, 0.5) is 0 Å². The van der Waals surface area contributed by atoms with Gasteiger partial charge in [0.15, 0.2) is 0 Å². The number of aryl methyl sites for hydroxylation is 1. The summed E-state index contributed by atoms with van der Waals surface area (Å²) in [5, 5.41) is 15.9. The fourth-order valence-corrected chi connectivity index (χ4v) is 2.02. The lowest BCUT2D eigenvalue weighted by Gasteiger charge is -2.17. The molecular weight excluding hydrogens is 234 g/mol. The van der Waals surface area contributed by atoms with E-state index in [4.69, 9.17) is 5.11 Å². The molecule has 18 heavy (non-hydrogen) atoms. The molecule has 1 aromatic heterocycles. The van der Waals surface area contributed by atoms with E-state index >= 15 is 0 Å². The molecule has 0 aromatic carbocycles. The summed E-state index contributed by atoms with van der Waals surface area (Å²) in [7, 11) is 1.83. The Balaban J connectivity index is 2.09. The summed E-state index contributed by atoms with van der Waals surface area (Å²) in [6.07, 6.45) is 2.54. The zero-order valence-corrected chi connectivity index (χ0v) is 10.7. The molecule has 1 aromatic rings. The zero-order valence-electron chi connectivity index (χ0n) is 10.7. The van der Waals surface area contributed by atoms with Gasteiger partial charge >= 0.3 is 5.97 Å². The van der Waals surface area contributed by atoms with Crippen LogP contribution in [0.1, 0.15) is 37.1 Å². The maximum atomic E-state index is 12.0. The van der Waals surface area contributed by atoms with Gasteiger partial charge in [0.25, 0.3) is 0 Å². The second kappa shape index (κ2) is 4.12. The van der Waals surface area contributed by atoms with E-state index in [9.17, 15) is 9.59 Å². The number of carboxylic acids is 1. The van der Waals surface area contributed by atoms with E-state index < -0.39 is 17.3 Å². The average Bonchev–Trinajstić information content (AvgIpc) is 3.04. The highest BCUT2D eigenvalue weighted by Gasteiger charge is 2.57. The van der Waals surface area contributed by atoms with Crippen molar-refractivity contribution in [2.24, 2.45) is 12.5 Å². The van der Waals surface area contributed by atoms with Crippen molar-refractivity contribution in [2.75, 3.05) is 0 Å². The molecule has 0 aliphatic heterocycles. The van der Waals surface area contributed by atoms with Crippen molar-refractivity contribution in [3.63, 3.8) is 0 Å². The van der Waals surface area contributed by atoms with Crippen LogP contribution in [0.25, 0.3) is 0 Å². The highest BCUT2D eigenvalue weighted by Crippen LogP contribution is 2.46. The number of hydrogen-bond donors (Lipinski definition) is 2. The molecule has 98 valence electrons. The lowest BCUT2D eigenvalue weighted by molar-refractivity contribution is -0.149. The van der Waals surface area contributed by atoms with Crippen LogP contribution in [0.2, 0.25) is 0 Å².